The lowest BCUT2D eigenvalue weighted by Crippen LogP contribution is -2.00. The molecule has 0 bridgehead atoms. The van der Waals surface area contributed by atoms with Crippen LogP contribution in [0, 0.1) is 6.92 Å². The molecule has 126 valence electrons. The fraction of sp³-hybridized carbons (Fsp3) is 0.217. The van der Waals surface area contributed by atoms with Crippen LogP contribution in [0.3, 0.4) is 0 Å². The van der Waals surface area contributed by atoms with Gasteiger partial charge in [0.1, 0.15) is 12.4 Å². The predicted molar refractivity (Wildman–Crippen MR) is 101 cm³/mol. The van der Waals surface area contributed by atoms with E-state index in [9.17, 15) is 5.11 Å². The van der Waals surface area contributed by atoms with Crippen molar-refractivity contribution in [2.75, 3.05) is 0 Å². The molecule has 0 fully saturated rings. The van der Waals surface area contributed by atoms with E-state index < -0.39 is 0 Å². The molecule has 1 aliphatic rings. The molecule has 0 aromatic heterocycles. The van der Waals surface area contributed by atoms with E-state index in [-0.39, 0.29) is 6.10 Å². The number of aliphatic hydroxyl groups is 1. The first-order valence-corrected chi connectivity index (χ1v) is 8.80. The molecule has 2 nitrogen and oxygen atoms in total. The topological polar surface area (TPSA) is 29.5 Å². The van der Waals surface area contributed by atoms with E-state index >= 15 is 0 Å². The smallest absolute Gasteiger partial charge is 0.120 e. The molecule has 0 heterocycles. The maximum Gasteiger partial charge on any atom is 0.120 e. The Kier molecular flexibility index (Phi) is 4.29. The Balaban J connectivity index is 1.54. The number of hydrogen-bond acceptors (Lipinski definition) is 2. The normalized spacial score (nSPS) is 15.8. The van der Waals surface area contributed by atoms with Crippen LogP contribution in [0.15, 0.2) is 66.7 Å². The summed E-state index contributed by atoms with van der Waals surface area (Å²) in [6.07, 6.45) is 1.43. The highest BCUT2D eigenvalue weighted by Crippen LogP contribution is 2.33. The lowest BCUT2D eigenvalue weighted by Gasteiger charge is -2.13. The van der Waals surface area contributed by atoms with Crippen LogP contribution in [-0.2, 0) is 13.0 Å². The second kappa shape index (κ2) is 6.73. The van der Waals surface area contributed by atoms with E-state index in [2.05, 4.69) is 55.5 Å². The molecule has 3 aromatic carbocycles. The van der Waals surface area contributed by atoms with Gasteiger partial charge in [-0.25, -0.2) is 0 Å². The average molecular weight is 330 g/mol. The maximum absolute atomic E-state index is 9.91. The van der Waals surface area contributed by atoms with Gasteiger partial charge in [0, 0.05) is 0 Å². The predicted octanol–water partition coefficient (Wildman–Crippen LogP) is 5.22. The van der Waals surface area contributed by atoms with Gasteiger partial charge in [0.05, 0.1) is 6.10 Å². The summed E-state index contributed by atoms with van der Waals surface area (Å²) in [6.45, 7) is 2.70. The molecule has 1 unspecified atom stereocenters. The van der Waals surface area contributed by atoms with E-state index in [1.54, 1.807) is 0 Å². The molecule has 0 saturated carbocycles. The number of rotatable bonds is 4. The summed E-state index contributed by atoms with van der Waals surface area (Å²) in [7, 11) is 0. The van der Waals surface area contributed by atoms with E-state index in [4.69, 9.17) is 4.74 Å². The summed E-state index contributed by atoms with van der Waals surface area (Å²) < 4.78 is 6.04. The first kappa shape index (κ1) is 15.9. The van der Waals surface area contributed by atoms with Crippen molar-refractivity contribution in [1.82, 2.24) is 0 Å². The Morgan fingerprint density at radius 2 is 1.84 bits per heavy atom. The van der Waals surface area contributed by atoms with Crippen molar-refractivity contribution in [3.63, 3.8) is 0 Å². The van der Waals surface area contributed by atoms with Crippen molar-refractivity contribution >= 4 is 0 Å². The lowest BCUT2D eigenvalue weighted by atomic mass is 9.97. The molecular weight excluding hydrogens is 308 g/mol. The standard InChI is InChI=1S/C23H22O2/c1-16-19(8-5-9-21(16)17-6-3-2-4-7-17)15-25-20-11-12-22-18(14-20)10-13-23(22)24/h2-9,11-12,14,23-24H,10,13,15H2,1H3. The van der Waals surface area contributed by atoms with Gasteiger partial charge in [-0.05, 0) is 65.3 Å². The number of benzene rings is 3. The van der Waals surface area contributed by atoms with Crippen molar-refractivity contribution in [3.05, 3.63) is 89.0 Å². The van der Waals surface area contributed by atoms with Crippen molar-refractivity contribution < 1.29 is 9.84 Å². The van der Waals surface area contributed by atoms with Crippen LogP contribution in [0.25, 0.3) is 11.1 Å². The summed E-state index contributed by atoms with van der Waals surface area (Å²) in [4.78, 5) is 0. The van der Waals surface area contributed by atoms with E-state index in [0.717, 1.165) is 24.2 Å². The van der Waals surface area contributed by atoms with Crippen LogP contribution < -0.4 is 4.74 Å². The Labute approximate surface area is 148 Å². The lowest BCUT2D eigenvalue weighted by molar-refractivity contribution is 0.180. The highest BCUT2D eigenvalue weighted by molar-refractivity contribution is 5.68. The summed E-state index contributed by atoms with van der Waals surface area (Å²) in [6, 6.07) is 22.8. The number of fused-ring (bicyclic) bond motifs is 1. The number of hydrogen-bond donors (Lipinski definition) is 1. The highest BCUT2D eigenvalue weighted by Gasteiger charge is 2.20. The first-order chi connectivity index (χ1) is 12.2. The SMILES string of the molecule is Cc1c(COc2ccc3c(c2)CCC3O)cccc1-c1ccccc1. The molecule has 2 heteroatoms. The Bertz CT molecular complexity index is 884. The molecule has 25 heavy (non-hydrogen) atoms. The van der Waals surface area contributed by atoms with Crippen molar-refractivity contribution in [3.8, 4) is 16.9 Å². The van der Waals surface area contributed by atoms with E-state index in [1.807, 2.05) is 18.2 Å². The van der Waals surface area contributed by atoms with Gasteiger partial charge in [-0.2, -0.15) is 0 Å². The Morgan fingerprint density at radius 1 is 1.00 bits per heavy atom. The third kappa shape index (κ3) is 3.18. The number of aryl methyl sites for hydroxylation is 1. The van der Waals surface area contributed by atoms with E-state index in [1.165, 1.54) is 27.8 Å². The zero-order chi connectivity index (χ0) is 17.2. The Hall–Kier alpha value is -2.58. The molecule has 0 radical (unpaired) electrons. The Morgan fingerprint density at radius 3 is 2.68 bits per heavy atom. The number of aliphatic hydroxyl groups excluding tert-OH is 1. The fourth-order valence-electron chi connectivity index (χ4n) is 3.59. The average Bonchev–Trinajstić information content (AvgIpc) is 3.02. The highest BCUT2D eigenvalue weighted by atomic mass is 16.5. The summed E-state index contributed by atoms with van der Waals surface area (Å²) in [5.41, 5.74) is 7.19. The van der Waals surface area contributed by atoms with Crippen molar-refractivity contribution in [2.24, 2.45) is 0 Å². The zero-order valence-corrected chi connectivity index (χ0v) is 14.4. The summed E-state index contributed by atoms with van der Waals surface area (Å²) in [5, 5.41) is 9.91. The molecule has 0 aliphatic heterocycles. The van der Waals surface area contributed by atoms with Crippen LogP contribution in [-0.4, -0.2) is 5.11 Å². The summed E-state index contributed by atoms with van der Waals surface area (Å²) in [5.74, 6) is 0.873. The largest absolute Gasteiger partial charge is 0.489 e. The van der Waals surface area contributed by atoms with Gasteiger partial charge in [0.25, 0.3) is 0 Å². The molecular formula is C23H22O2. The van der Waals surface area contributed by atoms with Gasteiger partial charge in [-0.3, -0.25) is 0 Å². The minimum absolute atomic E-state index is 0.311. The van der Waals surface area contributed by atoms with Crippen LogP contribution >= 0.6 is 0 Å². The quantitative estimate of drug-likeness (QED) is 0.710. The minimum Gasteiger partial charge on any atom is -0.489 e. The second-order valence-electron chi connectivity index (χ2n) is 6.66. The van der Waals surface area contributed by atoms with Gasteiger partial charge < -0.3 is 9.84 Å². The molecule has 1 N–H and O–H groups in total. The molecule has 3 aromatic rings. The van der Waals surface area contributed by atoms with Crippen molar-refractivity contribution in [1.29, 1.82) is 0 Å². The van der Waals surface area contributed by atoms with Crippen molar-refractivity contribution in [2.45, 2.75) is 32.5 Å². The number of ether oxygens (including phenoxy) is 1. The van der Waals surface area contributed by atoms with Gasteiger partial charge in [0.2, 0.25) is 0 Å². The molecule has 4 rings (SSSR count). The van der Waals surface area contributed by atoms with Gasteiger partial charge >= 0.3 is 0 Å². The molecule has 0 saturated heterocycles. The molecule has 0 spiro atoms. The van der Waals surface area contributed by atoms with Gasteiger partial charge in [0.15, 0.2) is 0 Å². The summed E-state index contributed by atoms with van der Waals surface area (Å²) >= 11 is 0. The van der Waals surface area contributed by atoms with Crippen LogP contribution in [0.5, 0.6) is 5.75 Å². The zero-order valence-electron chi connectivity index (χ0n) is 14.4. The van der Waals surface area contributed by atoms with Crippen LogP contribution in [0.4, 0.5) is 0 Å². The monoisotopic (exact) mass is 330 g/mol. The van der Waals surface area contributed by atoms with Gasteiger partial charge in [-0.15, -0.1) is 0 Å². The molecule has 1 atom stereocenters. The van der Waals surface area contributed by atoms with Gasteiger partial charge in [-0.1, -0.05) is 54.6 Å². The first-order valence-electron chi connectivity index (χ1n) is 8.80. The molecule has 1 aliphatic carbocycles. The fourth-order valence-corrected chi connectivity index (χ4v) is 3.59. The van der Waals surface area contributed by atoms with E-state index in [0.29, 0.717) is 6.61 Å². The maximum atomic E-state index is 9.91. The minimum atomic E-state index is -0.311. The third-order valence-corrected chi connectivity index (χ3v) is 5.09. The third-order valence-electron chi connectivity index (χ3n) is 5.09. The van der Waals surface area contributed by atoms with Crippen LogP contribution in [0.2, 0.25) is 0 Å². The van der Waals surface area contributed by atoms with Crippen LogP contribution in [0.1, 0.15) is 34.8 Å². The molecule has 0 amide bonds. The second-order valence-corrected chi connectivity index (χ2v) is 6.66.